The van der Waals surface area contributed by atoms with E-state index >= 15 is 0 Å². The lowest BCUT2D eigenvalue weighted by Crippen LogP contribution is -2.23. The van der Waals surface area contributed by atoms with Crippen LogP contribution in [0.1, 0.15) is 21.5 Å². The van der Waals surface area contributed by atoms with Gasteiger partial charge in [0.15, 0.2) is 0 Å². The highest BCUT2D eigenvalue weighted by molar-refractivity contribution is 7.89. The molecule has 2 rings (SSSR count). The second-order valence-corrected chi connectivity index (χ2v) is 6.60. The van der Waals surface area contributed by atoms with E-state index in [-0.39, 0.29) is 17.0 Å². The van der Waals surface area contributed by atoms with E-state index < -0.39 is 16.0 Å². The van der Waals surface area contributed by atoms with Crippen LogP contribution in [0.15, 0.2) is 53.4 Å². The molecule has 0 atom stereocenters. The van der Waals surface area contributed by atoms with E-state index in [2.05, 4.69) is 9.46 Å². The highest BCUT2D eigenvalue weighted by Gasteiger charge is 2.16. The Morgan fingerprint density at radius 3 is 2.55 bits per heavy atom. The molecular formula is C16H17NO4S. The molecule has 5 nitrogen and oxygen atoms in total. The number of hydrogen-bond acceptors (Lipinski definition) is 4. The summed E-state index contributed by atoms with van der Waals surface area (Å²) in [5.74, 6) is -0.573. The Balaban J connectivity index is 2.18. The maximum absolute atomic E-state index is 12.3. The van der Waals surface area contributed by atoms with E-state index in [1.54, 1.807) is 0 Å². The lowest BCUT2D eigenvalue weighted by atomic mass is 10.1. The minimum Gasteiger partial charge on any atom is -0.465 e. The van der Waals surface area contributed by atoms with Crippen molar-refractivity contribution in [2.24, 2.45) is 0 Å². The Morgan fingerprint density at radius 2 is 1.86 bits per heavy atom. The number of hydrogen-bond donors (Lipinski definition) is 1. The Morgan fingerprint density at radius 1 is 1.14 bits per heavy atom. The zero-order valence-electron chi connectivity index (χ0n) is 12.4. The van der Waals surface area contributed by atoms with Crippen molar-refractivity contribution in [3.05, 3.63) is 65.2 Å². The third-order valence-corrected chi connectivity index (χ3v) is 4.51. The van der Waals surface area contributed by atoms with Gasteiger partial charge in [-0.15, -0.1) is 0 Å². The van der Waals surface area contributed by atoms with Crippen molar-refractivity contribution in [2.45, 2.75) is 18.4 Å². The van der Waals surface area contributed by atoms with E-state index in [4.69, 9.17) is 0 Å². The first kappa shape index (κ1) is 16.2. The molecule has 0 radical (unpaired) electrons. The van der Waals surface area contributed by atoms with Gasteiger partial charge < -0.3 is 4.74 Å². The van der Waals surface area contributed by atoms with Crippen LogP contribution in [0.3, 0.4) is 0 Å². The number of nitrogens with one attached hydrogen (secondary N) is 1. The summed E-state index contributed by atoms with van der Waals surface area (Å²) in [5, 5.41) is 0. The van der Waals surface area contributed by atoms with Crippen molar-refractivity contribution in [3.63, 3.8) is 0 Å². The first-order valence-corrected chi connectivity index (χ1v) is 8.14. The van der Waals surface area contributed by atoms with Crippen LogP contribution in [-0.2, 0) is 21.3 Å². The Bertz CT molecular complexity index is 784. The number of ether oxygens (including phenoxy) is 1. The van der Waals surface area contributed by atoms with E-state index in [1.165, 1.54) is 31.4 Å². The average Bonchev–Trinajstić information content (AvgIpc) is 2.52. The van der Waals surface area contributed by atoms with Crippen molar-refractivity contribution in [3.8, 4) is 0 Å². The second-order valence-electron chi connectivity index (χ2n) is 4.83. The molecule has 0 aliphatic heterocycles. The Hall–Kier alpha value is -2.18. The molecule has 2 aromatic rings. The van der Waals surface area contributed by atoms with Gasteiger partial charge in [-0.2, -0.15) is 0 Å². The average molecular weight is 319 g/mol. The van der Waals surface area contributed by atoms with Gasteiger partial charge in [-0.05, 0) is 30.7 Å². The normalized spacial score (nSPS) is 11.2. The number of rotatable bonds is 5. The summed E-state index contributed by atoms with van der Waals surface area (Å²) in [6.45, 7) is 2.13. The number of carbonyl (C=O) groups excluding carboxylic acids is 1. The van der Waals surface area contributed by atoms with Crippen LogP contribution < -0.4 is 4.72 Å². The molecule has 0 saturated carbocycles. The number of aryl methyl sites for hydroxylation is 1. The van der Waals surface area contributed by atoms with Gasteiger partial charge in [0.05, 0.1) is 17.6 Å². The number of sulfonamides is 1. The predicted octanol–water partition coefficient (Wildman–Crippen LogP) is 2.26. The van der Waals surface area contributed by atoms with Crippen LogP contribution in [0.4, 0.5) is 0 Å². The highest BCUT2D eigenvalue weighted by atomic mass is 32.2. The molecule has 0 spiro atoms. The van der Waals surface area contributed by atoms with Gasteiger partial charge in [-0.3, -0.25) is 0 Å². The smallest absolute Gasteiger partial charge is 0.337 e. The number of carbonyl (C=O) groups is 1. The maximum Gasteiger partial charge on any atom is 0.337 e. The van der Waals surface area contributed by atoms with Gasteiger partial charge in [-0.1, -0.05) is 35.9 Å². The summed E-state index contributed by atoms with van der Waals surface area (Å²) in [7, 11) is -2.44. The topological polar surface area (TPSA) is 72.5 Å². The molecule has 0 aliphatic rings. The summed E-state index contributed by atoms with van der Waals surface area (Å²) in [6.07, 6.45) is 0. The largest absolute Gasteiger partial charge is 0.465 e. The predicted molar refractivity (Wildman–Crippen MR) is 83.0 cm³/mol. The summed E-state index contributed by atoms with van der Waals surface area (Å²) in [4.78, 5) is 11.5. The molecule has 0 unspecified atom stereocenters. The van der Waals surface area contributed by atoms with E-state index in [0.29, 0.717) is 0 Å². The SMILES string of the molecule is COC(=O)c1cccc(S(=O)(=O)NCc2cccc(C)c2)c1. The van der Waals surface area contributed by atoms with Gasteiger partial charge in [0, 0.05) is 6.54 Å². The van der Waals surface area contributed by atoms with Crippen molar-refractivity contribution in [1.82, 2.24) is 4.72 Å². The lowest BCUT2D eigenvalue weighted by molar-refractivity contribution is 0.0600. The molecule has 0 aliphatic carbocycles. The molecule has 0 saturated heterocycles. The molecule has 2 aromatic carbocycles. The van der Waals surface area contributed by atoms with Crippen molar-refractivity contribution >= 4 is 16.0 Å². The van der Waals surface area contributed by atoms with Gasteiger partial charge >= 0.3 is 5.97 Å². The van der Waals surface area contributed by atoms with E-state index in [1.807, 2.05) is 31.2 Å². The first-order valence-electron chi connectivity index (χ1n) is 6.66. The Kier molecular flexibility index (Phi) is 4.95. The minimum atomic E-state index is -3.69. The van der Waals surface area contributed by atoms with E-state index in [0.717, 1.165) is 11.1 Å². The fourth-order valence-corrected chi connectivity index (χ4v) is 3.06. The van der Waals surface area contributed by atoms with Crippen LogP contribution in [0, 0.1) is 6.92 Å². The van der Waals surface area contributed by atoms with Crippen molar-refractivity contribution in [2.75, 3.05) is 7.11 Å². The lowest BCUT2D eigenvalue weighted by Gasteiger charge is -2.08. The van der Waals surface area contributed by atoms with Crippen molar-refractivity contribution in [1.29, 1.82) is 0 Å². The highest BCUT2D eigenvalue weighted by Crippen LogP contribution is 2.13. The zero-order chi connectivity index (χ0) is 16.2. The van der Waals surface area contributed by atoms with Crippen molar-refractivity contribution < 1.29 is 17.9 Å². The summed E-state index contributed by atoms with van der Waals surface area (Å²) in [5.41, 5.74) is 2.12. The summed E-state index contributed by atoms with van der Waals surface area (Å²) >= 11 is 0. The molecule has 22 heavy (non-hydrogen) atoms. The molecule has 0 amide bonds. The maximum atomic E-state index is 12.3. The standard InChI is InChI=1S/C16H17NO4S/c1-12-5-3-6-13(9-12)11-17-22(19,20)15-8-4-7-14(10-15)16(18)21-2/h3-10,17H,11H2,1-2H3. The van der Waals surface area contributed by atoms with Crippen LogP contribution in [0.25, 0.3) is 0 Å². The Labute approximate surface area is 130 Å². The molecular weight excluding hydrogens is 302 g/mol. The van der Waals surface area contributed by atoms with Gasteiger partial charge in [0.2, 0.25) is 10.0 Å². The first-order chi connectivity index (χ1) is 10.4. The summed E-state index contributed by atoms with van der Waals surface area (Å²) in [6, 6.07) is 13.3. The molecule has 6 heteroatoms. The van der Waals surface area contributed by atoms with Gasteiger partial charge in [-0.25, -0.2) is 17.9 Å². The van der Waals surface area contributed by atoms with Gasteiger partial charge in [0.25, 0.3) is 0 Å². The number of benzene rings is 2. The van der Waals surface area contributed by atoms with Crippen LogP contribution in [0.5, 0.6) is 0 Å². The molecule has 0 bridgehead atoms. The third-order valence-electron chi connectivity index (χ3n) is 3.11. The molecule has 0 fully saturated rings. The number of esters is 1. The quantitative estimate of drug-likeness (QED) is 0.858. The number of methoxy groups -OCH3 is 1. The van der Waals surface area contributed by atoms with E-state index in [9.17, 15) is 13.2 Å². The molecule has 116 valence electrons. The fraction of sp³-hybridized carbons (Fsp3) is 0.188. The van der Waals surface area contributed by atoms with Gasteiger partial charge in [0.1, 0.15) is 0 Å². The monoisotopic (exact) mass is 319 g/mol. The van der Waals surface area contributed by atoms with Crippen LogP contribution in [0.2, 0.25) is 0 Å². The second kappa shape index (κ2) is 6.72. The van der Waals surface area contributed by atoms with Crippen LogP contribution in [-0.4, -0.2) is 21.5 Å². The van der Waals surface area contributed by atoms with Crippen LogP contribution >= 0.6 is 0 Å². The minimum absolute atomic E-state index is 0.0306. The molecule has 0 heterocycles. The fourth-order valence-electron chi connectivity index (χ4n) is 1.99. The zero-order valence-corrected chi connectivity index (χ0v) is 13.2. The molecule has 1 N–H and O–H groups in total. The third kappa shape index (κ3) is 3.93. The summed E-state index contributed by atoms with van der Waals surface area (Å²) < 4.78 is 31.7. The molecule has 0 aromatic heterocycles.